The van der Waals surface area contributed by atoms with Crippen LogP contribution in [0.25, 0.3) is 66.1 Å². The van der Waals surface area contributed by atoms with Crippen LogP contribution in [-0.4, -0.2) is 0 Å². The minimum atomic E-state index is 1.10. The standard InChI is InChI=1S/C50H35N/c1-2-17-38(18-3-1)45-23-8-9-24-46(45)47-25-10-11-26-48(47)49-27-12-13-28-50(49)51(44-32-31-37-16-5-7-20-40(37)34-44)43-22-14-21-41(35-43)42-30-29-36-15-4-6-19-39(36)33-42/h1-35H. The number of para-hydroxylation sites is 1. The molecule has 1 nitrogen and oxygen atoms in total. The fourth-order valence-electron chi connectivity index (χ4n) is 7.37. The van der Waals surface area contributed by atoms with Crippen LogP contribution >= 0.6 is 0 Å². The molecular weight excluding hydrogens is 615 g/mol. The number of hydrogen-bond donors (Lipinski definition) is 0. The fourth-order valence-corrected chi connectivity index (χ4v) is 7.37. The summed E-state index contributed by atoms with van der Waals surface area (Å²) in [5.41, 5.74) is 12.9. The second kappa shape index (κ2) is 13.3. The maximum absolute atomic E-state index is 2.42. The third-order valence-electron chi connectivity index (χ3n) is 9.84. The lowest BCUT2D eigenvalue weighted by Gasteiger charge is -2.29. The highest BCUT2D eigenvalue weighted by Crippen LogP contribution is 2.46. The largest absolute Gasteiger partial charge is 0.310 e. The molecule has 0 unspecified atom stereocenters. The average molecular weight is 650 g/mol. The normalized spacial score (nSPS) is 11.1. The molecule has 0 fully saturated rings. The van der Waals surface area contributed by atoms with E-state index in [1.54, 1.807) is 0 Å². The molecule has 9 rings (SSSR count). The van der Waals surface area contributed by atoms with Gasteiger partial charge in [-0.05, 0) is 96.9 Å². The molecule has 0 aliphatic heterocycles. The van der Waals surface area contributed by atoms with Gasteiger partial charge >= 0.3 is 0 Å². The first-order chi connectivity index (χ1) is 25.3. The van der Waals surface area contributed by atoms with Crippen LogP contribution in [0.15, 0.2) is 212 Å². The summed E-state index contributed by atoms with van der Waals surface area (Å²) < 4.78 is 0. The van der Waals surface area contributed by atoms with Crippen molar-refractivity contribution in [2.75, 3.05) is 4.90 Å². The number of rotatable bonds is 7. The van der Waals surface area contributed by atoms with E-state index < -0.39 is 0 Å². The summed E-state index contributed by atoms with van der Waals surface area (Å²) in [6.07, 6.45) is 0. The van der Waals surface area contributed by atoms with E-state index in [1.807, 2.05) is 0 Å². The Hall–Kier alpha value is -6.70. The van der Waals surface area contributed by atoms with Crippen LogP contribution < -0.4 is 4.90 Å². The summed E-state index contributed by atoms with van der Waals surface area (Å²) >= 11 is 0. The molecule has 0 amide bonds. The predicted molar refractivity (Wildman–Crippen MR) is 218 cm³/mol. The van der Waals surface area contributed by atoms with Gasteiger partial charge < -0.3 is 4.90 Å². The van der Waals surface area contributed by atoms with E-state index in [0.717, 1.165) is 17.1 Å². The molecule has 9 aromatic carbocycles. The molecule has 51 heavy (non-hydrogen) atoms. The van der Waals surface area contributed by atoms with Crippen LogP contribution in [0.4, 0.5) is 17.1 Å². The first-order valence-electron chi connectivity index (χ1n) is 17.5. The van der Waals surface area contributed by atoms with Gasteiger partial charge in [-0.3, -0.25) is 0 Å². The maximum atomic E-state index is 2.42. The highest BCUT2D eigenvalue weighted by atomic mass is 15.1. The quantitative estimate of drug-likeness (QED) is 0.166. The zero-order chi connectivity index (χ0) is 34.0. The first kappa shape index (κ1) is 30.4. The van der Waals surface area contributed by atoms with E-state index in [-0.39, 0.29) is 0 Å². The molecule has 0 N–H and O–H groups in total. The Morgan fingerprint density at radius 3 is 1.43 bits per heavy atom. The molecule has 0 aromatic heterocycles. The third kappa shape index (κ3) is 5.86. The molecule has 240 valence electrons. The minimum absolute atomic E-state index is 1.10. The monoisotopic (exact) mass is 649 g/mol. The number of hydrogen-bond acceptors (Lipinski definition) is 1. The highest BCUT2D eigenvalue weighted by Gasteiger charge is 2.20. The lowest BCUT2D eigenvalue weighted by Crippen LogP contribution is -2.11. The van der Waals surface area contributed by atoms with E-state index in [9.17, 15) is 0 Å². The van der Waals surface area contributed by atoms with Crippen molar-refractivity contribution in [1.29, 1.82) is 0 Å². The molecule has 0 radical (unpaired) electrons. The molecule has 0 saturated heterocycles. The van der Waals surface area contributed by atoms with Gasteiger partial charge in [0.05, 0.1) is 5.69 Å². The molecule has 9 aromatic rings. The lowest BCUT2D eigenvalue weighted by atomic mass is 9.88. The smallest absolute Gasteiger partial charge is 0.0540 e. The van der Waals surface area contributed by atoms with Crippen molar-refractivity contribution < 1.29 is 0 Å². The van der Waals surface area contributed by atoms with Crippen molar-refractivity contribution in [2.24, 2.45) is 0 Å². The third-order valence-corrected chi connectivity index (χ3v) is 9.84. The molecular formula is C50H35N. The SMILES string of the molecule is c1ccc(-c2ccccc2-c2ccccc2-c2ccccc2N(c2cccc(-c3ccc4ccccc4c3)c2)c2ccc3ccccc3c2)cc1. The molecule has 0 spiro atoms. The summed E-state index contributed by atoms with van der Waals surface area (Å²) in [5.74, 6) is 0. The first-order valence-corrected chi connectivity index (χ1v) is 17.5. The van der Waals surface area contributed by atoms with E-state index in [1.165, 1.54) is 66.1 Å². The van der Waals surface area contributed by atoms with Gasteiger partial charge in [-0.15, -0.1) is 0 Å². The van der Waals surface area contributed by atoms with Gasteiger partial charge in [0, 0.05) is 16.9 Å². The number of benzene rings is 9. The van der Waals surface area contributed by atoms with Gasteiger partial charge in [0.25, 0.3) is 0 Å². The second-order valence-corrected chi connectivity index (χ2v) is 13.0. The minimum Gasteiger partial charge on any atom is -0.310 e. The maximum Gasteiger partial charge on any atom is 0.0540 e. The second-order valence-electron chi connectivity index (χ2n) is 13.0. The molecule has 0 saturated carbocycles. The van der Waals surface area contributed by atoms with E-state index in [2.05, 4.69) is 217 Å². The Morgan fingerprint density at radius 1 is 0.235 bits per heavy atom. The van der Waals surface area contributed by atoms with Crippen molar-refractivity contribution >= 4 is 38.6 Å². The number of fused-ring (bicyclic) bond motifs is 2. The van der Waals surface area contributed by atoms with E-state index in [4.69, 9.17) is 0 Å². The van der Waals surface area contributed by atoms with Crippen molar-refractivity contribution in [3.8, 4) is 44.5 Å². The summed E-state index contributed by atoms with van der Waals surface area (Å²) in [4.78, 5) is 2.42. The van der Waals surface area contributed by atoms with Crippen molar-refractivity contribution in [3.63, 3.8) is 0 Å². The van der Waals surface area contributed by atoms with Crippen LogP contribution in [0.3, 0.4) is 0 Å². The van der Waals surface area contributed by atoms with Gasteiger partial charge in [0.15, 0.2) is 0 Å². The highest BCUT2D eigenvalue weighted by molar-refractivity contribution is 5.98. The van der Waals surface area contributed by atoms with Gasteiger partial charge in [0.1, 0.15) is 0 Å². The Bertz CT molecular complexity index is 2650. The van der Waals surface area contributed by atoms with Crippen LogP contribution in [0, 0.1) is 0 Å². The predicted octanol–water partition coefficient (Wildman–Crippen LogP) is 14.1. The van der Waals surface area contributed by atoms with E-state index in [0.29, 0.717) is 0 Å². The summed E-state index contributed by atoms with van der Waals surface area (Å²) in [6, 6.07) is 76.8. The topological polar surface area (TPSA) is 3.24 Å². The molecule has 1 heteroatoms. The molecule has 0 heterocycles. The van der Waals surface area contributed by atoms with Crippen molar-refractivity contribution in [1.82, 2.24) is 0 Å². The zero-order valence-electron chi connectivity index (χ0n) is 28.2. The molecule has 0 bridgehead atoms. The summed E-state index contributed by atoms with van der Waals surface area (Å²) in [7, 11) is 0. The summed E-state index contributed by atoms with van der Waals surface area (Å²) in [5, 5.41) is 4.92. The number of nitrogens with zero attached hydrogens (tertiary/aromatic N) is 1. The Morgan fingerprint density at radius 2 is 0.706 bits per heavy atom. The lowest BCUT2D eigenvalue weighted by molar-refractivity contribution is 1.29. The van der Waals surface area contributed by atoms with Crippen LogP contribution in [0.2, 0.25) is 0 Å². The molecule has 0 atom stereocenters. The summed E-state index contributed by atoms with van der Waals surface area (Å²) in [6.45, 7) is 0. The fraction of sp³-hybridized carbons (Fsp3) is 0. The van der Waals surface area contributed by atoms with Gasteiger partial charge in [-0.1, -0.05) is 176 Å². The molecule has 0 aliphatic carbocycles. The van der Waals surface area contributed by atoms with Crippen LogP contribution in [0.1, 0.15) is 0 Å². The van der Waals surface area contributed by atoms with Gasteiger partial charge in [0.2, 0.25) is 0 Å². The zero-order valence-corrected chi connectivity index (χ0v) is 28.2. The van der Waals surface area contributed by atoms with E-state index >= 15 is 0 Å². The van der Waals surface area contributed by atoms with Crippen LogP contribution in [-0.2, 0) is 0 Å². The molecule has 0 aliphatic rings. The number of anilines is 3. The van der Waals surface area contributed by atoms with Crippen molar-refractivity contribution in [3.05, 3.63) is 212 Å². The van der Waals surface area contributed by atoms with Crippen LogP contribution in [0.5, 0.6) is 0 Å². The Balaban J connectivity index is 1.25. The Labute approximate surface area is 299 Å². The van der Waals surface area contributed by atoms with Gasteiger partial charge in [-0.2, -0.15) is 0 Å². The Kier molecular flexibility index (Phi) is 7.92. The van der Waals surface area contributed by atoms with Crippen molar-refractivity contribution in [2.45, 2.75) is 0 Å². The average Bonchev–Trinajstić information content (AvgIpc) is 3.21. The van der Waals surface area contributed by atoms with Gasteiger partial charge in [-0.25, -0.2) is 0 Å².